The van der Waals surface area contributed by atoms with Crippen molar-refractivity contribution in [1.29, 1.82) is 0 Å². The van der Waals surface area contributed by atoms with Crippen LogP contribution in [0.2, 0.25) is 0 Å². The predicted molar refractivity (Wildman–Crippen MR) is 61.0 cm³/mol. The van der Waals surface area contributed by atoms with Gasteiger partial charge < -0.3 is 10.4 Å². The molecule has 2 bridgehead atoms. The SMILES string of the molecule is CC(C)(CNC1C2C3CCC(C3)C12)C(=O)O. The topological polar surface area (TPSA) is 49.3 Å². The summed E-state index contributed by atoms with van der Waals surface area (Å²) < 4.78 is 0. The van der Waals surface area contributed by atoms with Crippen LogP contribution >= 0.6 is 0 Å². The van der Waals surface area contributed by atoms with Crippen LogP contribution in [0.4, 0.5) is 0 Å². The molecule has 3 rings (SSSR count). The fourth-order valence-corrected chi connectivity index (χ4v) is 4.05. The second-order valence-corrected chi connectivity index (χ2v) is 6.58. The van der Waals surface area contributed by atoms with Crippen molar-refractivity contribution < 1.29 is 9.90 Å². The summed E-state index contributed by atoms with van der Waals surface area (Å²) in [4.78, 5) is 11.0. The minimum atomic E-state index is -0.700. The molecule has 90 valence electrons. The Bertz CT molecular complexity index is 310. The summed E-state index contributed by atoms with van der Waals surface area (Å²) >= 11 is 0. The fraction of sp³-hybridized carbons (Fsp3) is 0.923. The Kier molecular flexibility index (Phi) is 2.13. The van der Waals surface area contributed by atoms with E-state index in [0.717, 1.165) is 23.7 Å². The molecule has 0 heterocycles. The largest absolute Gasteiger partial charge is 0.481 e. The molecule has 3 nitrogen and oxygen atoms in total. The molecule has 2 N–H and O–H groups in total. The van der Waals surface area contributed by atoms with Crippen LogP contribution in [-0.4, -0.2) is 23.7 Å². The summed E-state index contributed by atoms with van der Waals surface area (Å²) in [5.74, 6) is 3.00. The van der Waals surface area contributed by atoms with Gasteiger partial charge in [-0.3, -0.25) is 4.79 Å². The summed E-state index contributed by atoms with van der Waals surface area (Å²) in [5, 5.41) is 12.6. The smallest absolute Gasteiger partial charge is 0.310 e. The Morgan fingerprint density at radius 3 is 2.38 bits per heavy atom. The van der Waals surface area contributed by atoms with E-state index in [1.165, 1.54) is 19.3 Å². The van der Waals surface area contributed by atoms with E-state index in [4.69, 9.17) is 5.11 Å². The van der Waals surface area contributed by atoms with E-state index in [1.807, 2.05) is 0 Å². The van der Waals surface area contributed by atoms with Gasteiger partial charge in [0, 0.05) is 12.6 Å². The van der Waals surface area contributed by atoms with Gasteiger partial charge in [0.15, 0.2) is 0 Å². The Morgan fingerprint density at radius 2 is 1.88 bits per heavy atom. The zero-order valence-electron chi connectivity index (χ0n) is 10.1. The highest BCUT2D eigenvalue weighted by molar-refractivity contribution is 5.73. The number of carbonyl (C=O) groups is 1. The Balaban J connectivity index is 1.54. The van der Waals surface area contributed by atoms with E-state index in [0.29, 0.717) is 12.6 Å². The molecule has 4 atom stereocenters. The third-order valence-electron chi connectivity index (χ3n) is 5.09. The molecule has 0 saturated heterocycles. The first-order chi connectivity index (χ1) is 7.50. The molecule has 16 heavy (non-hydrogen) atoms. The van der Waals surface area contributed by atoms with Gasteiger partial charge >= 0.3 is 5.97 Å². The van der Waals surface area contributed by atoms with Crippen molar-refractivity contribution in [2.24, 2.45) is 29.1 Å². The first-order valence-electron chi connectivity index (χ1n) is 6.47. The van der Waals surface area contributed by atoms with E-state index in [1.54, 1.807) is 13.8 Å². The van der Waals surface area contributed by atoms with Crippen molar-refractivity contribution in [2.75, 3.05) is 6.54 Å². The Morgan fingerprint density at radius 1 is 1.31 bits per heavy atom. The van der Waals surface area contributed by atoms with Crippen LogP contribution in [0.3, 0.4) is 0 Å². The lowest BCUT2D eigenvalue weighted by molar-refractivity contribution is -0.146. The molecule has 3 heteroatoms. The summed E-state index contributed by atoms with van der Waals surface area (Å²) in [7, 11) is 0. The molecule has 4 unspecified atom stereocenters. The number of carboxylic acids is 1. The van der Waals surface area contributed by atoms with Crippen LogP contribution in [0, 0.1) is 29.1 Å². The number of carboxylic acid groups (broad SMARTS) is 1. The molecule has 0 aliphatic heterocycles. The molecule has 3 aliphatic carbocycles. The van der Waals surface area contributed by atoms with Gasteiger partial charge in [-0.05, 0) is 56.8 Å². The number of hydrogen-bond donors (Lipinski definition) is 2. The maximum Gasteiger partial charge on any atom is 0.310 e. The molecule has 3 aliphatic rings. The first-order valence-corrected chi connectivity index (χ1v) is 6.47. The lowest BCUT2D eigenvalue weighted by Gasteiger charge is -2.21. The molecular weight excluding hydrogens is 202 g/mol. The average Bonchev–Trinajstić information content (AvgIpc) is 2.62. The summed E-state index contributed by atoms with van der Waals surface area (Å²) in [6.07, 6.45) is 4.30. The molecule has 0 aromatic carbocycles. The summed E-state index contributed by atoms with van der Waals surface area (Å²) in [6.45, 7) is 4.21. The lowest BCUT2D eigenvalue weighted by Crippen LogP contribution is -2.38. The van der Waals surface area contributed by atoms with Gasteiger partial charge in [0.25, 0.3) is 0 Å². The van der Waals surface area contributed by atoms with E-state index < -0.39 is 11.4 Å². The van der Waals surface area contributed by atoms with Crippen molar-refractivity contribution in [3.63, 3.8) is 0 Å². The summed E-state index contributed by atoms with van der Waals surface area (Å²) in [5.41, 5.74) is -0.629. The Labute approximate surface area is 96.6 Å². The fourth-order valence-electron chi connectivity index (χ4n) is 4.05. The van der Waals surface area contributed by atoms with Gasteiger partial charge in [0.2, 0.25) is 0 Å². The number of aliphatic carboxylic acids is 1. The maximum absolute atomic E-state index is 11.0. The van der Waals surface area contributed by atoms with Crippen LogP contribution < -0.4 is 5.32 Å². The zero-order valence-corrected chi connectivity index (χ0v) is 10.1. The molecule has 0 radical (unpaired) electrons. The maximum atomic E-state index is 11.0. The molecule has 0 spiro atoms. The van der Waals surface area contributed by atoms with Gasteiger partial charge in [0.05, 0.1) is 5.41 Å². The number of rotatable bonds is 4. The molecule has 0 aromatic rings. The minimum absolute atomic E-state index is 0.611. The average molecular weight is 223 g/mol. The van der Waals surface area contributed by atoms with Crippen LogP contribution in [0.5, 0.6) is 0 Å². The second kappa shape index (κ2) is 3.22. The van der Waals surface area contributed by atoms with E-state index >= 15 is 0 Å². The van der Waals surface area contributed by atoms with Gasteiger partial charge in [-0.2, -0.15) is 0 Å². The molecule has 0 aromatic heterocycles. The second-order valence-electron chi connectivity index (χ2n) is 6.58. The van der Waals surface area contributed by atoms with Gasteiger partial charge in [-0.1, -0.05) is 0 Å². The van der Waals surface area contributed by atoms with Crippen LogP contribution in [0.15, 0.2) is 0 Å². The van der Waals surface area contributed by atoms with E-state index in [2.05, 4.69) is 5.32 Å². The van der Waals surface area contributed by atoms with Crippen molar-refractivity contribution in [1.82, 2.24) is 5.32 Å². The van der Waals surface area contributed by atoms with Crippen molar-refractivity contribution in [3.8, 4) is 0 Å². The number of hydrogen-bond acceptors (Lipinski definition) is 2. The Hall–Kier alpha value is -0.570. The normalized spacial score (nSPS) is 44.5. The third kappa shape index (κ3) is 1.41. The molecular formula is C13H21NO2. The molecule has 3 saturated carbocycles. The quantitative estimate of drug-likeness (QED) is 0.763. The highest BCUT2D eigenvalue weighted by Crippen LogP contribution is 2.65. The van der Waals surface area contributed by atoms with Gasteiger partial charge in [-0.15, -0.1) is 0 Å². The third-order valence-corrected chi connectivity index (χ3v) is 5.09. The van der Waals surface area contributed by atoms with Gasteiger partial charge in [-0.25, -0.2) is 0 Å². The monoisotopic (exact) mass is 223 g/mol. The van der Waals surface area contributed by atoms with Crippen LogP contribution in [-0.2, 0) is 4.79 Å². The number of fused-ring (bicyclic) bond motifs is 5. The lowest BCUT2D eigenvalue weighted by atomic mass is 9.93. The predicted octanol–water partition coefficient (Wildman–Crippen LogP) is 1.73. The van der Waals surface area contributed by atoms with Gasteiger partial charge in [0.1, 0.15) is 0 Å². The van der Waals surface area contributed by atoms with E-state index in [9.17, 15) is 4.79 Å². The minimum Gasteiger partial charge on any atom is -0.481 e. The molecule has 0 amide bonds. The van der Waals surface area contributed by atoms with Crippen LogP contribution in [0.25, 0.3) is 0 Å². The zero-order chi connectivity index (χ0) is 11.5. The van der Waals surface area contributed by atoms with Crippen molar-refractivity contribution in [2.45, 2.75) is 39.2 Å². The molecule has 3 fully saturated rings. The highest BCUT2D eigenvalue weighted by Gasteiger charge is 2.64. The highest BCUT2D eigenvalue weighted by atomic mass is 16.4. The van der Waals surface area contributed by atoms with E-state index in [-0.39, 0.29) is 0 Å². The van der Waals surface area contributed by atoms with Crippen molar-refractivity contribution >= 4 is 5.97 Å². The number of nitrogens with one attached hydrogen (secondary N) is 1. The standard InChI is InChI=1S/C13H21NO2/c1-13(2,12(15)16)6-14-11-9-7-3-4-8(5-7)10(9)11/h7-11,14H,3-6H2,1-2H3,(H,15,16). The van der Waals surface area contributed by atoms with Crippen LogP contribution in [0.1, 0.15) is 33.1 Å². The first kappa shape index (κ1) is 10.6. The summed E-state index contributed by atoms with van der Waals surface area (Å²) in [6, 6.07) is 0.643. The van der Waals surface area contributed by atoms with Crippen molar-refractivity contribution in [3.05, 3.63) is 0 Å².